The number of para-hydroxylation sites is 1. The quantitative estimate of drug-likeness (QED) is 0.804. The summed E-state index contributed by atoms with van der Waals surface area (Å²) < 4.78 is 18.6. The first-order chi connectivity index (χ1) is 13.3. The third-order valence-corrected chi connectivity index (χ3v) is 4.75. The van der Waals surface area contributed by atoms with Crippen molar-refractivity contribution >= 4 is 29.2 Å². The molecule has 1 N–H and O–H groups in total. The molecule has 1 aliphatic rings. The Hall–Kier alpha value is -3.22. The zero-order valence-corrected chi connectivity index (χ0v) is 15.7. The van der Waals surface area contributed by atoms with Gasteiger partial charge in [0.25, 0.3) is 5.91 Å². The third kappa shape index (κ3) is 4.36. The molecule has 6 nitrogen and oxygen atoms in total. The molecule has 2 amide bonds. The van der Waals surface area contributed by atoms with Gasteiger partial charge in [0.2, 0.25) is 5.91 Å². The summed E-state index contributed by atoms with van der Waals surface area (Å²) in [5, 5.41) is 2.34. The average Bonchev–Trinajstić information content (AvgIpc) is 3.06. The van der Waals surface area contributed by atoms with Crippen LogP contribution in [-0.4, -0.2) is 30.9 Å². The summed E-state index contributed by atoms with van der Waals surface area (Å²) in [6.07, 6.45) is 0.0285. The fourth-order valence-electron chi connectivity index (χ4n) is 3.01. The molecule has 0 bridgehead atoms. The largest absolute Gasteiger partial charge is 0.455 e. The minimum Gasteiger partial charge on any atom is -0.455 e. The predicted octanol–water partition coefficient (Wildman–Crippen LogP) is 2.98. The van der Waals surface area contributed by atoms with Crippen LogP contribution in [0.4, 0.5) is 15.8 Å². The van der Waals surface area contributed by atoms with Crippen molar-refractivity contribution in [2.45, 2.75) is 20.3 Å². The molecule has 0 saturated carbocycles. The van der Waals surface area contributed by atoms with Crippen molar-refractivity contribution in [2.75, 3.05) is 23.4 Å². The van der Waals surface area contributed by atoms with Gasteiger partial charge in [-0.15, -0.1) is 0 Å². The lowest BCUT2D eigenvalue weighted by atomic mass is 10.1. The van der Waals surface area contributed by atoms with Crippen LogP contribution < -0.4 is 10.2 Å². The van der Waals surface area contributed by atoms with Crippen LogP contribution in [0.3, 0.4) is 0 Å². The molecule has 0 radical (unpaired) electrons. The Balaban J connectivity index is 1.55. The molecule has 1 fully saturated rings. The number of esters is 1. The number of carbonyl (C=O) groups excluding carboxylic acids is 3. The molecule has 1 atom stereocenters. The van der Waals surface area contributed by atoms with E-state index in [1.54, 1.807) is 11.0 Å². The molecule has 0 aliphatic carbocycles. The standard InChI is InChI=1S/C21H21FN2O4/c1-13-7-8-16(9-14(13)2)24-11-15(10-20(24)26)21(27)28-12-19(25)23-18-6-4-3-5-17(18)22/h3-9,15H,10-12H2,1-2H3,(H,23,25)/t15-/m1/s1. The zero-order valence-electron chi connectivity index (χ0n) is 15.7. The molecule has 0 spiro atoms. The Bertz CT molecular complexity index is 928. The summed E-state index contributed by atoms with van der Waals surface area (Å²) >= 11 is 0. The Morgan fingerprint density at radius 3 is 2.64 bits per heavy atom. The lowest BCUT2D eigenvalue weighted by Crippen LogP contribution is -2.28. The van der Waals surface area contributed by atoms with E-state index in [1.165, 1.54) is 18.2 Å². The molecule has 2 aromatic rings. The smallest absolute Gasteiger partial charge is 0.311 e. The first kappa shape index (κ1) is 19.5. The van der Waals surface area contributed by atoms with E-state index in [1.807, 2.05) is 32.0 Å². The van der Waals surface area contributed by atoms with Gasteiger partial charge in [0.15, 0.2) is 6.61 Å². The van der Waals surface area contributed by atoms with Gasteiger partial charge in [-0.1, -0.05) is 18.2 Å². The highest BCUT2D eigenvalue weighted by molar-refractivity contribution is 6.00. The number of hydrogen-bond donors (Lipinski definition) is 1. The van der Waals surface area contributed by atoms with Gasteiger partial charge in [0.05, 0.1) is 11.6 Å². The molecule has 28 heavy (non-hydrogen) atoms. The third-order valence-electron chi connectivity index (χ3n) is 4.75. The highest BCUT2D eigenvalue weighted by atomic mass is 19.1. The van der Waals surface area contributed by atoms with Gasteiger partial charge < -0.3 is 15.0 Å². The van der Waals surface area contributed by atoms with Crippen molar-refractivity contribution in [1.29, 1.82) is 0 Å². The van der Waals surface area contributed by atoms with Crippen LogP contribution in [-0.2, 0) is 19.1 Å². The number of benzene rings is 2. The highest BCUT2D eigenvalue weighted by Gasteiger charge is 2.36. The molecular formula is C21H21FN2O4. The monoisotopic (exact) mass is 384 g/mol. The molecule has 1 aliphatic heterocycles. The van der Waals surface area contributed by atoms with E-state index in [2.05, 4.69) is 5.32 Å². The summed E-state index contributed by atoms with van der Waals surface area (Å²) in [4.78, 5) is 38.0. The summed E-state index contributed by atoms with van der Waals surface area (Å²) in [5.74, 6) is -2.65. The first-order valence-electron chi connectivity index (χ1n) is 8.94. The fourth-order valence-corrected chi connectivity index (χ4v) is 3.01. The molecule has 0 unspecified atom stereocenters. The van der Waals surface area contributed by atoms with Crippen molar-refractivity contribution in [3.8, 4) is 0 Å². The summed E-state index contributed by atoms with van der Waals surface area (Å²) in [6.45, 7) is 3.60. The minimum absolute atomic E-state index is 0.0144. The summed E-state index contributed by atoms with van der Waals surface area (Å²) in [6, 6.07) is 11.4. The van der Waals surface area contributed by atoms with E-state index in [-0.39, 0.29) is 24.6 Å². The topological polar surface area (TPSA) is 75.7 Å². The van der Waals surface area contributed by atoms with Gasteiger partial charge in [-0.2, -0.15) is 0 Å². The number of anilines is 2. The molecule has 7 heteroatoms. The van der Waals surface area contributed by atoms with Crippen molar-refractivity contribution in [1.82, 2.24) is 0 Å². The first-order valence-corrected chi connectivity index (χ1v) is 8.94. The second-order valence-corrected chi connectivity index (χ2v) is 6.81. The van der Waals surface area contributed by atoms with Crippen LogP contribution in [0.5, 0.6) is 0 Å². The van der Waals surface area contributed by atoms with Gasteiger partial charge in [-0.25, -0.2) is 4.39 Å². The second-order valence-electron chi connectivity index (χ2n) is 6.81. The molecule has 1 heterocycles. The van der Waals surface area contributed by atoms with Crippen LogP contribution >= 0.6 is 0 Å². The van der Waals surface area contributed by atoms with E-state index >= 15 is 0 Å². The summed E-state index contributed by atoms with van der Waals surface area (Å²) in [5.41, 5.74) is 2.93. The number of nitrogens with one attached hydrogen (secondary N) is 1. The normalized spacial score (nSPS) is 16.2. The number of ether oxygens (including phenoxy) is 1. The maximum absolute atomic E-state index is 13.5. The van der Waals surface area contributed by atoms with Crippen molar-refractivity contribution < 1.29 is 23.5 Å². The van der Waals surface area contributed by atoms with Crippen molar-refractivity contribution in [3.05, 3.63) is 59.4 Å². The Labute approximate surface area is 162 Å². The number of aryl methyl sites for hydroxylation is 2. The minimum atomic E-state index is -0.645. The molecule has 3 rings (SSSR count). The number of amides is 2. The van der Waals surface area contributed by atoms with Crippen molar-refractivity contribution in [2.24, 2.45) is 5.92 Å². The second kappa shape index (κ2) is 8.21. The number of rotatable bonds is 5. The number of nitrogens with zero attached hydrogens (tertiary/aromatic N) is 1. The van der Waals surface area contributed by atoms with Crippen LogP contribution in [0.15, 0.2) is 42.5 Å². The van der Waals surface area contributed by atoms with E-state index in [4.69, 9.17) is 4.74 Å². The van der Waals surface area contributed by atoms with E-state index in [9.17, 15) is 18.8 Å². The summed E-state index contributed by atoms with van der Waals surface area (Å²) in [7, 11) is 0. The van der Waals surface area contributed by atoms with Gasteiger partial charge in [0.1, 0.15) is 5.82 Å². The van der Waals surface area contributed by atoms with Crippen LogP contribution in [0.2, 0.25) is 0 Å². The average molecular weight is 384 g/mol. The Kier molecular flexibility index (Phi) is 5.73. The fraction of sp³-hybridized carbons (Fsp3) is 0.286. The van der Waals surface area contributed by atoms with Gasteiger partial charge in [-0.3, -0.25) is 14.4 Å². The number of halogens is 1. The van der Waals surface area contributed by atoms with E-state index < -0.39 is 30.2 Å². The Morgan fingerprint density at radius 2 is 1.93 bits per heavy atom. The SMILES string of the molecule is Cc1ccc(N2C[C@H](C(=O)OCC(=O)Nc3ccccc3F)CC2=O)cc1C. The van der Waals surface area contributed by atoms with Gasteiger partial charge >= 0.3 is 5.97 Å². The maximum atomic E-state index is 13.5. The van der Waals surface area contributed by atoms with Crippen molar-refractivity contribution in [3.63, 3.8) is 0 Å². The van der Waals surface area contributed by atoms with E-state index in [0.29, 0.717) is 0 Å². The van der Waals surface area contributed by atoms with Gasteiger partial charge in [0, 0.05) is 18.7 Å². The lowest BCUT2D eigenvalue weighted by molar-refractivity contribution is -0.151. The van der Waals surface area contributed by atoms with Crippen LogP contribution in [0.1, 0.15) is 17.5 Å². The van der Waals surface area contributed by atoms with E-state index in [0.717, 1.165) is 16.8 Å². The van der Waals surface area contributed by atoms with Crippen LogP contribution in [0, 0.1) is 25.6 Å². The molecule has 0 aromatic heterocycles. The van der Waals surface area contributed by atoms with Gasteiger partial charge in [-0.05, 0) is 49.2 Å². The molecular weight excluding hydrogens is 363 g/mol. The van der Waals surface area contributed by atoms with Crippen LogP contribution in [0.25, 0.3) is 0 Å². The zero-order chi connectivity index (χ0) is 20.3. The maximum Gasteiger partial charge on any atom is 0.311 e. The highest BCUT2D eigenvalue weighted by Crippen LogP contribution is 2.27. The molecule has 2 aromatic carbocycles. The lowest BCUT2D eigenvalue weighted by Gasteiger charge is -2.17. The number of carbonyl (C=O) groups is 3. The number of hydrogen-bond acceptors (Lipinski definition) is 4. The molecule has 1 saturated heterocycles. The Morgan fingerprint density at radius 1 is 1.18 bits per heavy atom. The molecule has 146 valence electrons. The predicted molar refractivity (Wildman–Crippen MR) is 102 cm³/mol.